The van der Waals surface area contributed by atoms with Crippen LogP contribution in [0.15, 0.2) is 12.1 Å². The predicted octanol–water partition coefficient (Wildman–Crippen LogP) is 3.99. The van der Waals surface area contributed by atoms with E-state index in [0.29, 0.717) is 5.69 Å². The van der Waals surface area contributed by atoms with E-state index in [4.69, 9.17) is 23.2 Å². The van der Waals surface area contributed by atoms with E-state index in [1.807, 2.05) is 0 Å². The van der Waals surface area contributed by atoms with Gasteiger partial charge < -0.3 is 10.6 Å². The summed E-state index contributed by atoms with van der Waals surface area (Å²) in [5, 5.41) is 5.76. The predicted molar refractivity (Wildman–Crippen MR) is 79.9 cm³/mol. The maximum Gasteiger partial charge on any atom is 0.239 e. The first-order valence-corrected chi connectivity index (χ1v) is 7.49. The van der Waals surface area contributed by atoms with Crippen LogP contribution in [0.2, 0.25) is 10.0 Å². The van der Waals surface area contributed by atoms with Crippen molar-refractivity contribution < 1.29 is 9.18 Å². The third kappa shape index (κ3) is 4.25. The molecule has 0 atom stereocenters. The summed E-state index contributed by atoms with van der Waals surface area (Å²) in [4.78, 5) is 11.8. The average molecular weight is 319 g/mol. The molecule has 1 aliphatic rings. The molecule has 0 aromatic heterocycles. The van der Waals surface area contributed by atoms with Gasteiger partial charge in [-0.05, 0) is 25.0 Å². The smallest absolute Gasteiger partial charge is 0.239 e. The highest BCUT2D eigenvalue weighted by Gasteiger charge is 2.15. The fraction of sp³-hybridized carbons (Fsp3) is 0.500. The summed E-state index contributed by atoms with van der Waals surface area (Å²) in [5.74, 6) is -0.723. The van der Waals surface area contributed by atoms with Crippen LogP contribution in [0.1, 0.15) is 32.1 Å². The minimum absolute atomic E-state index is 0.0623. The monoisotopic (exact) mass is 318 g/mol. The van der Waals surface area contributed by atoms with Crippen molar-refractivity contribution in [2.75, 3.05) is 11.9 Å². The van der Waals surface area contributed by atoms with E-state index < -0.39 is 5.82 Å². The first-order chi connectivity index (χ1) is 9.56. The number of carbonyl (C=O) groups excluding carboxylic acids is 1. The summed E-state index contributed by atoms with van der Waals surface area (Å²) in [5.41, 5.74) is 0.528. The molecule has 0 aliphatic heterocycles. The molecule has 6 heteroatoms. The van der Waals surface area contributed by atoms with Crippen molar-refractivity contribution in [2.45, 2.75) is 38.1 Å². The number of anilines is 1. The molecule has 2 rings (SSSR count). The van der Waals surface area contributed by atoms with E-state index in [9.17, 15) is 9.18 Å². The molecule has 110 valence electrons. The van der Waals surface area contributed by atoms with Gasteiger partial charge in [0.1, 0.15) is 0 Å². The molecule has 1 saturated carbocycles. The summed E-state index contributed by atoms with van der Waals surface area (Å²) in [7, 11) is 0. The molecule has 1 fully saturated rings. The molecule has 0 bridgehead atoms. The summed E-state index contributed by atoms with van der Waals surface area (Å²) in [6.07, 6.45) is 5.67. The average Bonchev–Trinajstić information content (AvgIpc) is 2.43. The number of benzene rings is 1. The fourth-order valence-electron chi connectivity index (χ4n) is 2.37. The first kappa shape index (κ1) is 15.4. The third-order valence-electron chi connectivity index (χ3n) is 3.41. The van der Waals surface area contributed by atoms with Crippen molar-refractivity contribution in [1.29, 1.82) is 0 Å². The van der Waals surface area contributed by atoms with Gasteiger partial charge in [0.25, 0.3) is 0 Å². The maximum atomic E-state index is 13.2. The molecule has 1 aromatic carbocycles. The molecular weight excluding hydrogens is 302 g/mol. The van der Waals surface area contributed by atoms with Gasteiger partial charge in [-0.1, -0.05) is 42.5 Å². The van der Waals surface area contributed by atoms with Crippen LogP contribution in [0, 0.1) is 5.82 Å². The summed E-state index contributed by atoms with van der Waals surface area (Å²) in [6.45, 7) is 0.120. The molecule has 1 amide bonds. The van der Waals surface area contributed by atoms with E-state index in [-0.39, 0.29) is 28.5 Å². The molecule has 2 N–H and O–H groups in total. The van der Waals surface area contributed by atoms with Crippen molar-refractivity contribution >= 4 is 34.8 Å². The normalized spacial score (nSPS) is 15.9. The molecule has 20 heavy (non-hydrogen) atoms. The molecule has 0 heterocycles. The van der Waals surface area contributed by atoms with Gasteiger partial charge in [0.05, 0.1) is 16.6 Å². The lowest BCUT2D eigenvalue weighted by molar-refractivity contribution is -0.120. The van der Waals surface area contributed by atoms with Crippen LogP contribution in [0.5, 0.6) is 0 Å². The van der Waals surface area contributed by atoms with E-state index >= 15 is 0 Å². The highest BCUT2D eigenvalue weighted by molar-refractivity contribution is 6.35. The van der Waals surface area contributed by atoms with Crippen molar-refractivity contribution in [3.8, 4) is 0 Å². The third-order valence-corrected chi connectivity index (χ3v) is 3.96. The standard InChI is InChI=1S/C14H17Cl2FN2O/c15-11-6-10(7-12(16)14(11)17)18-8-13(20)19-9-4-2-1-3-5-9/h6-7,9,18H,1-5,8H2,(H,19,20). The van der Waals surface area contributed by atoms with Gasteiger partial charge in [0, 0.05) is 11.7 Å². The lowest BCUT2D eigenvalue weighted by Crippen LogP contribution is -2.39. The van der Waals surface area contributed by atoms with E-state index in [1.165, 1.54) is 31.4 Å². The largest absolute Gasteiger partial charge is 0.376 e. The minimum Gasteiger partial charge on any atom is -0.376 e. The summed E-state index contributed by atoms with van der Waals surface area (Å²) in [6, 6.07) is 3.10. The molecule has 1 aromatic rings. The SMILES string of the molecule is O=C(CNc1cc(Cl)c(F)c(Cl)c1)NC1CCCCC1. The Morgan fingerprint density at radius 2 is 1.80 bits per heavy atom. The number of hydrogen-bond acceptors (Lipinski definition) is 2. The number of nitrogens with one attached hydrogen (secondary N) is 2. The Labute approximate surface area is 127 Å². The van der Waals surface area contributed by atoms with Crippen molar-refractivity contribution in [3.63, 3.8) is 0 Å². The zero-order valence-corrected chi connectivity index (χ0v) is 12.5. The van der Waals surface area contributed by atoms with Crippen LogP contribution in [0.4, 0.5) is 10.1 Å². The van der Waals surface area contributed by atoms with Gasteiger partial charge >= 0.3 is 0 Å². The van der Waals surface area contributed by atoms with Crippen molar-refractivity contribution in [3.05, 3.63) is 28.0 Å². The lowest BCUT2D eigenvalue weighted by atomic mass is 9.95. The molecular formula is C14H17Cl2FN2O. The Hall–Kier alpha value is -1.00. The van der Waals surface area contributed by atoms with Gasteiger partial charge in [0.15, 0.2) is 5.82 Å². The van der Waals surface area contributed by atoms with Crippen LogP contribution in [-0.4, -0.2) is 18.5 Å². The van der Waals surface area contributed by atoms with Crippen molar-refractivity contribution in [1.82, 2.24) is 5.32 Å². The van der Waals surface area contributed by atoms with E-state index in [1.54, 1.807) is 0 Å². The van der Waals surface area contributed by atoms with Crippen molar-refractivity contribution in [2.24, 2.45) is 0 Å². The Morgan fingerprint density at radius 1 is 1.20 bits per heavy atom. The molecule has 1 aliphatic carbocycles. The highest BCUT2D eigenvalue weighted by atomic mass is 35.5. The van der Waals surface area contributed by atoms with Crippen LogP contribution < -0.4 is 10.6 Å². The number of amides is 1. The van der Waals surface area contributed by atoms with Gasteiger partial charge in [-0.3, -0.25) is 4.79 Å². The lowest BCUT2D eigenvalue weighted by Gasteiger charge is -2.22. The second kappa shape index (κ2) is 7.14. The Bertz CT molecular complexity index is 467. The molecule has 0 saturated heterocycles. The van der Waals surface area contributed by atoms with Gasteiger partial charge in [-0.15, -0.1) is 0 Å². The minimum atomic E-state index is -0.648. The first-order valence-electron chi connectivity index (χ1n) is 6.74. The molecule has 0 spiro atoms. The molecule has 0 unspecified atom stereocenters. The van der Waals surface area contributed by atoms with Gasteiger partial charge in [-0.25, -0.2) is 4.39 Å². The Morgan fingerprint density at radius 3 is 2.40 bits per heavy atom. The highest BCUT2D eigenvalue weighted by Crippen LogP contribution is 2.27. The van der Waals surface area contributed by atoms with Gasteiger partial charge in [-0.2, -0.15) is 0 Å². The number of rotatable bonds is 4. The fourth-order valence-corrected chi connectivity index (χ4v) is 2.85. The van der Waals surface area contributed by atoms with Crippen LogP contribution in [-0.2, 0) is 4.79 Å². The molecule has 0 radical (unpaired) electrons. The van der Waals surface area contributed by atoms with Gasteiger partial charge in [0.2, 0.25) is 5.91 Å². The Kier molecular flexibility index (Phi) is 5.49. The second-order valence-corrected chi connectivity index (χ2v) is 5.82. The summed E-state index contributed by atoms with van der Waals surface area (Å²) < 4.78 is 13.2. The van der Waals surface area contributed by atoms with E-state index in [2.05, 4.69) is 10.6 Å². The number of hydrogen-bond donors (Lipinski definition) is 2. The topological polar surface area (TPSA) is 41.1 Å². The van der Waals surface area contributed by atoms with Crippen LogP contribution in [0.3, 0.4) is 0 Å². The summed E-state index contributed by atoms with van der Waals surface area (Å²) >= 11 is 11.4. The number of carbonyl (C=O) groups is 1. The quantitative estimate of drug-likeness (QED) is 0.824. The van der Waals surface area contributed by atoms with Crippen LogP contribution >= 0.6 is 23.2 Å². The zero-order valence-electron chi connectivity index (χ0n) is 11.0. The number of halogens is 3. The molecule has 3 nitrogen and oxygen atoms in total. The second-order valence-electron chi connectivity index (χ2n) is 5.01. The van der Waals surface area contributed by atoms with Crippen LogP contribution in [0.25, 0.3) is 0 Å². The Balaban J connectivity index is 1.83. The zero-order chi connectivity index (χ0) is 14.5. The maximum absolute atomic E-state index is 13.2. The van der Waals surface area contributed by atoms with E-state index in [0.717, 1.165) is 12.8 Å².